The van der Waals surface area contributed by atoms with Gasteiger partial charge in [0, 0.05) is 23.5 Å². The molecule has 154 valence electrons. The first-order valence-corrected chi connectivity index (χ1v) is 11.3. The Morgan fingerprint density at radius 3 is 1.67 bits per heavy atom. The smallest absolute Gasteiger partial charge is 0.113 e. The fourth-order valence-electron chi connectivity index (χ4n) is 4.77. The van der Waals surface area contributed by atoms with Crippen molar-refractivity contribution in [1.82, 2.24) is 0 Å². The van der Waals surface area contributed by atoms with Crippen LogP contribution < -0.4 is 10.4 Å². The third-order valence-electron chi connectivity index (χ3n) is 6.39. The van der Waals surface area contributed by atoms with Gasteiger partial charge in [0.1, 0.15) is 7.85 Å². The molecule has 0 N–H and O–H groups in total. The highest BCUT2D eigenvalue weighted by Crippen LogP contribution is 2.44. The van der Waals surface area contributed by atoms with E-state index >= 15 is 0 Å². The Labute approximate surface area is 196 Å². The number of nitrogens with zero attached hydrogens (tertiary/aromatic N) is 1. The summed E-state index contributed by atoms with van der Waals surface area (Å²) in [5.41, 5.74) is 11.8. The van der Waals surface area contributed by atoms with Crippen LogP contribution in [0.5, 0.6) is 0 Å². The van der Waals surface area contributed by atoms with E-state index in [0.29, 0.717) is 0 Å². The van der Waals surface area contributed by atoms with E-state index in [1.165, 1.54) is 44.8 Å². The van der Waals surface area contributed by atoms with Gasteiger partial charge in [0.25, 0.3) is 0 Å². The average Bonchev–Trinajstić information content (AvgIpc) is 2.88. The Bertz CT molecular complexity index is 1420. The van der Waals surface area contributed by atoms with Crippen molar-refractivity contribution in [3.8, 4) is 22.3 Å². The number of anilines is 3. The normalized spacial score (nSPS) is 12.2. The summed E-state index contributed by atoms with van der Waals surface area (Å²) in [7, 11) is 6.17. The minimum Gasteiger partial charge on any atom is -0.310 e. The highest BCUT2D eigenvalue weighted by Gasteiger charge is 2.24. The van der Waals surface area contributed by atoms with Gasteiger partial charge in [-0.1, -0.05) is 96.5 Å². The fraction of sp³-hybridized carbons (Fsp3) is 0.0323. The average molecular weight is 419 g/mol. The van der Waals surface area contributed by atoms with Crippen LogP contribution >= 0.6 is 0 Å². The molecule has 0 aromatic heterocycles. The van der Waals surface area contributed by atoms with Crippen molar-refractivity contribution < 1.29 is 0 Å². The molecule has 0 saturated carbocycles. The minimum atomic E-state index is 0.802. The van der Waals surface area contributed by atoms with Crippen LogP contribution in [-0.4, -0.2) is 7.85 Å². The summed E-state index contributed by atoms with van der Waals surface area (Å²) in [6.07, 6.45) is 0.870. The topological polar surface area (TPSA) is 3.24 Å². The molecule has 0 bridgehead atoms. The second-order valence-electron chi connectivity index (χ2n) is 8.52. The van der Waals surface area contributed by atoms with Crippen molar-refractivity contribution in [2.24, 2.45) is 0 Å². The molecule has 0 fully saturated rings. The summed E-state index contributed by atoms with van der Waals surface area (Å²) in [4.78, 5) is 2.36. The van der Waals surface area contributed by atoms with E-state index < -0.39 is 0 Å². The van der Waals surface area contributed by atoms with Crippen LogP contribution in [0.1, 0.15) is 11.1 Å². The van der Waals surface area contributed by atoms with Gasteiger partial charge in [-0.25, -0.2) is 0 Å². The van der Waals surface area contributed by atoms with Crippen molar-refractivity contribution in [3.05, 3.63) is 132 Å². The molecule has 0 aliphatic carbocycles. The van der Waals surface area contributed by atoms with E-state index in [9.17, 15) is 0 Å². The lowest BCUT2D eigenvalue weighted by Crippen LogP contribution is -2.20. The van der Waals surface area contributed by atoms with Crippen molar-refractivity contribution in [2.75, 3.05) is 4.90 Å². The van der Waals surface area contributed by atoms with Gasteiger partial charge in [-0.2, -0.15) is 0 Å². The Hall–Kier alpha value is -4.04. The van der Waals surface area contributed by atoms with E-state index in [2.05, 4.69) is 120 Å². The molecule has 2 heteroatoms. The zero-order chi connectivity index (χ0) is 22.2. The molecule has 5 aromatic rings. The summed E-state index contributed by atoms with van der Waals surface area (Å²) in [5, 5.41) is 0. The molecule has 2 radical (unpaired) electrons. The van der Waals surface area contributed by atoms with Crippen LogP contribution in [0.2, 0.25) is 0 Å². The monoisotopic (exact) mass is 419 g/mol. The highest BCUT2D eigenvalue weighted by molar-refractivity contribution is 6.32. The number of hydrogen-bond donors (Lipinski definition) is 0. The molecule has 6 rings (SSSR count). The van der Waals surface area contributed by atoms with Crippen molar-refractivity contribution in [2.45, 2.75) is 6.42 Å². The number of rotatable bonds is 3. The lowest BCUT2D eigenvalue weighted by Gasteiger charge is -2.34. The molecule has 1 aliphatic rings. The van der Waals surface area contributed by atoms with Crippen LogP contribution in [0.25, 0.3) is 22.3 Å². The molecular formula is C31H22BN. The van der Waals surface area contributed by atoms with Crippen molar-refractivity contribution >= 4 is 30.4 Å². The summed E-state index contributed by atoms with van der Waals surface area (Å²) < 4.78 is 0. The van der Waals surface area contributed by atoms with Crippen LogP contribution in [0.4, 0.5) is 17.1 Å². The highest BCUT2D eigenvalue weighted by atomic mass is 15.2. The maximum atomic E-state index is 6.17. The Morgan fingerprint density at radius 1 is 0.485 bits per heavy atom. The van der Waals surface area contributed by atoms with Crippen LogP contribution in [0.15, 0.2) is 121 Å². The molecule has 33 heavy (non-hydrogen) atoms. The summed E-state index contributed by atoms with van der Waals surface area (Å²) >= 11 is 0. The number of benzene rings is 5. The van der Waals surface area contributed by atoms with Gasteiger partial charge in [0.2, 0.25) is 0 Å². The second-order valence-corrected chi connectivity index (χ2v) is 8.52. The summed E-state index contributed by atoms with van der Waals surface area (Å²) in [5.74, 6) is 0. The summed E-state index contributed by atoms with van der Waals surface area (Å²) in [6, 6.07) is 42.9. The molecule has 1 nitrogen and oxygen atoms in total. The van der Waals surface area contributed by atoms with Gasteiger partial charge in [0.15, 0.2) is 0 Å². The Kier molecular flexibility index (Phi) is 4.85. The predicted octanol–water partition coefficient (Wildman–Crippen LogP) is 7.19. The largest absolute Gasteiger partial charge is 0.310 e. The fourth-order valence-corrected chi connectivity index (χ4v) is 4.77. The van der Waals surface area contributed by atoms with Gasteiger partial charge in [-0.3, -0.25) is 0 Å². The molecule has 0 spiro atoms. The minimum absolute atomic E-state index is 0.802. The van der Waals surface area contributed by atoms with E-state index in [4.69, 9.17) is 7.85 Å². The van der Waals surface area contributed by atoms with Gasteiger partial charge in [-0.15, -0.1) is 0 Å². The molecule has 1 heterocycles. The lowest BCUT2D eigenvalue weighted by atomic mass is 9.87. The zero-order valence-electron chi connectivity index (χ0n) is 18.3. The zero-order valence-corrected chi connectivity index (χ0v) is 18.3. The van der Waals surface area contributed by atoms with Crippen LogP contribution in [0, 0.1) is 0 Å². The summed E-state index contributed by atoms with van der Waals surface area (Å²) in [6.45, 7) is 0. The number of fused-ring (bicyclic) bond motifs is 2. The molecular weight excluding hydrogens is 397 g/mol. The van der Waals surface area contributed by atoms with Crippen molar-refractivity contribution in [1.29, 1.82) is 0 Å². The third kappa shape index (κ3) is 3.64. The molecule has 0 unspecified atom stereocenters. The first-order valence-electron chi connectivity index (χ1n) is 11.3. The van der Waals surface area contributed by atoms with Crippen LogP contribution in [-0.2, 0) is 6.42 Å². The second kappa shape index (κ2) is 8.14. The first kappa shape index (κ1) is 19.6. The maximum absolute atomic E-state index is 6.17. The van der Waals surface area contributed by atoms with Gasteiger partial charge >= 0.3 is 0 Å². The maximum Gasteiger partial charge on any atom is 0.113 e. The van der Waals surface area contributed by atoms with E-state index in [1.807, 2.05) is 6.07 Å². The standard InChI is InChI=1S/C31H22BN/c32-28-14-18-31-27(21-28)20-26-19-25(23-9-5-2-6-10-23)13-17-30(26)33(31)29-15-11-24(12-16-29)22-7-3-1-4-8-22/h1-19,21H,20H2. The molecule has 1 aliphatic heterocycles. The van der Waals surface area contributed by atoms with E-state index in [1.54, 1.807) is 0 Å². The number of hydrogen-bond acceptors (Lipinski definition) is 1. The van der Waals surface area contributed by atoms with E-state index in [0.717, 1.165) is 17.6 Å². The Balaban J connectivity index is 1.46. The molecule has 0 amide bonds. The van der Waals surface area contributed by atoms with Crippen molar-refractivity contribution in [3.63, 3.8) is 0 Å². The predicted molar refractivity (Wildman–Crippen MR) is 140 cm³/mol. The van der Waals surface area contributed by atoms with Gasteiger partial charge < -0.3 is 4.90 Å². The van der Waals surface area contributed by atoms with Crippen LogP contribution in [0.3, 0.4) is 0 Å². The van der Waals surface area contributed by atoms with Gasteiger partial charge in [-0.05, 0) is 63.7 Å². The first-order chi connectivity index (χ1) is 16.3. The lowest BCUT2D eigenvalue weighted by molar-refractivity contribution is 1.09. The molecule has 0 atom stereocenters. The van der Waals surface area contributed by atoms with E-state index in [-0.39, 0.29) is 0 Å². The quantitative estimate of drug-likeness (QED) is 0.275. The third-order valence-corrected chi connectivity index (χ3v) is 6.39. The molecule has 0 saturated heterocycles. The molecule has 5 aromatic carbocycles. The van der Waals surface area contributed by atoms with Gasteiger partial charge in [0.05, 0.1) is 0 Å². The SMILES string of the molecule is [B]c1ccc2c(c1)Cc1cc(-c3ccccc3)ccc1N2c1ccc(-c2ccccc2)cc1. The Morgan fingerprint density at radius 2 is 1.00 bits per heavy atom.